The maximum absolute atomic E-state index is 13.0. The van der Waals surface area contributed by atoms with Crippen molar-refractivity contribution in [1.29, 1.82) is 0 Å². The molecule has 27 amide bonds. The van der Waals surface area contributed by atoms with Crippen molar-refractivity contribution in [3.8, 4) is 0 Å². The number of rotatable bonds is 27. The van der Waals surface area contributed by atoms with Gasteiger partial charge in [0, 0.05) is 105 Å². The highest BCUT2D eigenvalue weighted by atomic mass is 16.6. The van der Waals surface area contributed by atoms with E-state index in [1.807, 2.05) is 0 Å². The lowest BCUT2D eigenvalue weighted by Gasteiger charge is -2.27. The van der Waals surface area contributed by atoms with E-state index >= 15 is 0 Å². The molecule has 5 fully saturated rings. The van der Waals surface area contributed by atoms with E-state index in [0.29, 0.717) is 27.8 Å². The highest BCUT2D eigenvalue weighted by Gasteiger charge is 2.52. The molecular formula is C93H98N18O32. The van der Waals surface area contributed by atoms with Crippen molar-refractivity contribution < 1.29 is 153 Å². The first-order chi connectivity index (χ1) is 68.0. The fraction of sp³-hybridized carbons (Fsp3) is 0.376. The monoisotopic (exact) mass is 1980 g/mol. The van der Waals surface area contributed by atoms with Crippen molar-refractivity contribution in [1.82, 2.24) is 88.3 Å². The number of ether oxygens (including phenoxy) is 4. The van der Waals surface area contributed by atoms with Crippen LogP contribution in [0, 0.1) is 0 Å². The summed E-state index contributed by atoms with van der Waals surface area (Å²) in [7, 11) is 1.39. The molecule has 0 aliphatic carbocycles. The third-order valence-electron chi connectivity index (χ3n) is 22.9. The van der Waals surface area contributed by atoms with Crippen molar-refractivity contribution in [3.05, 3.63) is 174 Å². The van der Waals surface area contributed by atoms with Gasteiger partial charge >= 0.3 is 24.1 Å². The molecule has 5 saturated heterocycles. The number of nitrogens with two attached hydrogens (primary N) is 1. The van der Waals surface area contributed by atoms with Crippen molar-refractivity contribution >= 4 is 166 Å². The van der Waals surface area contributed by atoms with Gasteiger partial charge in [0.25, 0.3) is 65.0 Å². The Kier molecular flexibility index (Phi) is 34.9. The highest BCUT2D eigenvalue weighted by Crippen LogP contribution is 2.37. The second-order valence-electron chi connectivity index (χ2n) is 33.8. The Hall–Kier alpha value is -17.2. The van der Waals surface area contributed by atoms with Gasteiger partial charge in [-0.1, -0.05) is 60.7 Å². The quantitative estimate of drug-likeness (QED) is 0.0150. The van der Waals surface area contributed by atoms with Crippen molar-refractivity contribution in [2.24, 2.45) is 5.73 Å². The molecule has 50 nitrogen and oxygen atoms in total. The predicted octanol–water partition coefficient (Wildman–Crippen LogP) is -2.26. The molecule has 10 aliphatic rings. The summed E-state index contributed by atoms with van der Waals surface area (Å²) < 4.78 is 19.1. The van der Waals surface area contributed by atoms with E-state index in [1.54, 1.807) is 88.4 Å². The first kappa shape index (κ1) is 106. The van der Waals surface area contributed by atoms with E-state index in [9.17, 15) is 134 Å². The molecule has 0 bridgehead atoms. The van der Waals surface area contributed by atoms with E-state index in [-0.39, 0.29) is 216 Å². The van der Waals surface area contributed by atoms with Gasteiger partial charge in [-0.05, 0) is 118 Å². The summed E-state index contributed by atoms with van der Waals surface area (Å²) in [4.78, 5) is 342. The second-order valence-corrected chi connectivity index (χ2v) is 33.8. The summed E-state index contributed by atoms with van der Waals surface area (Å²) in [5.74, 6) is -14.5. The molecule has 0 saturated carbocycles. The van der Waals surface area contributed by atoms with Gasteiger partial charge in [0.15, 0.2) is 6.61 Å². The molecule has 143 heavy (non-hydrogen) atoms. The third-order valence-corrected chi connectivity index (χ3v) is 22.9. The molecule has 50 heteroatoms. The topological polar surface area (TPSA) is 701 Å². The van der Waals surface area contributed by atoms with Gasteiger partial charge in [-0.3, -0.25) is 176 Å². The zero-order chi connectivity index (χ0) is 104. The normalized spacial score (nSPS) is 18.7. The maximum Gasteiger partial charge on any atom is 0.407 e. The summed E-state index contributed by atoms with van der Waals surface area (Å²) in [5, 5.41) is 28.4. The number of nitrogens with one attached hydrogen (secondary N) is 12. The lowest BCUT2D eigenvalue weighted by molar-refractivity contribution is -0.146. The zero-order valence-electron chi connectivity index (χ0n) is 77.7. The van der Waals surface area contributed by atoms with Crippen LogP contribution in [0.5, 0.6) is 0 Å². The van der Waals surface area contributed by atoms with E-state index < -0.39 is 191 Å². The number of fused-ring (bicyclic) bond motifs is 5. The number of esters is 2. The third kappa shape index (κ3) is 25.3. The van der Waals surface area contributed by atoms with Crippen molar-refractivity contribution in [2.45, 2.75) is 180 Å². The molecule has 10 heterocycles. The number of amides is 27. The number of imide groups is 10. The van der Waals surface area contributed by atoms with E-state index in [0.717, 1.165) is 24.5 Å². The van der Waals surface area contributed by atoms with Gasteiger partial charge in [0.05, 0.1) is 62.2 Å². The number of urea groups is 1. The van der Waals surface area contributed by atoms with Crippen LogP contribution >= 0.6 is 0 Å². The predicted molar refractivity (Wildman–Crippen MR) is 481 cm³/mol. The van der Waals surface area contributed by atoms with Crippen LogP contribution in [0.3, 0.4) is 0 Å². The lowest BCUT2D eigenvalue weighted by atomic mass is 10.0. The van der Waals surface area contributed by atoms with Gasteiger partial charge in [0.1, 0.15) is 49.0 Å². The van der Waals surface area contributed by atoms with Crippen LogP contribution in [0.15, 0.2) is 91.0 Å². The smallest absolute Gasteiger partial charge is 0.407 e. The SMILES string of the molecule is CC(=O)OCC(=O)NCc1cccc2c1C(=O)N(C1CCC(=O)NC1=O)C2=O.CC(C)(C)OC(=O)NCCC(=O)NCc1cccc2c1C(=O)N(C1CCC(=O)NC1=O)C2=O.CCOC(=O)CNC(=O)NCc1cccc2c1C(=O)N(C1CCC(=O)NC1=O)C2=O.COCC(=O)NCc1cccc2c1C(=O)N(C1CCC(=O)NC1=O)C2=O.NCCC(=O)NCc1cccc2c1C(=O)N(C1CCC(=O)NC1=O)C2=O. The van der Waals surface area contributed by atoms with Gasteiger partial charge in [-0.15, -0.1) is 0 Å². The van der Waals surface area contributed by atoms with Crippen molar-refractivity contribution in [2.75, 3.05) is 46.6 Å². The lowest BCUT2D eigenvalue weighted by Crippen LogP contribution is -2.54. The minimum absolute atomic E-state index is 0.0104. The number of nitrogens with zero attached hydrogens (tertiary/aromatic N) is 5. The average molecular weight is 1980 g/mol. The average Bonchev–Trinajstić information content (AvgIpc) is 1.62. The fourth-order valence-electron chi connectivity index (χ4n) is 16.3. The molecule has 5 aromatic rings. The number of alkyl carbamates (subject to hydrolysis) is 1. The second kappa shape index (κ2) is 47.0. The summed E-state index contributed by atoms with van der Waals surface area (Å²) in [5.41, 5.74) is 8.25. The van der Waals surface area contributed by atoms with Gasteiger partial charge in [-0.25, -0.2) is 9.59 Å². The Morgan fingerprint density at radius 2 is 0.629 bits per heavy atom. The Morgan fingerprint density at radius 1 is 0.357 bits per heavy atom. The summed E-state index contributed by atoms with van der Waals surface area (Å²) in [6.45, 7) is 7.53. The molecule has 15 rings (SSSR count). The fourth-order valence-corrected chi connectivity index (χ4v) is 16.3. The van der Waals surface area contributed by atoms with E-state index in [2.05, 4.69) is 68.5 Å². The first-order valence-corrected chi connectivity index (χ1v) is 44.7. The summed E-state index contributed by atoms with van der Waals surface area (Å²) in [6, 6.07) is 17.5. The molecule has 0 spiro atoms. The zero-order valence-corrected chi connectivity index (χ0v) is 77.7. The van der Waals surface area contributed by atoms with Crippen LogP contribution in [-0.2, 0) is 128 Å². The van der Waals surface area contributed by atoms with Crippen molar-refractivity contribution in [3.63, 3.8) is 0 Å². The number of hydrogen-bond acceptors (Lipinski definition) is 33. The molecular weight excluding hydrogens is 1880 g/mol. The number of hydrogen-bond donors (Lipinski definition) is 13. The summed E-state index contributed by atoms with van der Waals surface area (Å²) in [6.07, 6.45) is 0.0929. The van der Waals surface area contributed by atoms with Gasteiger partial charge < -0.3 is 61.9 Å². The largest absolute Gasteiger partial charge is 0.465 e. The molecule has 5 atom stereocenters. The Morgan fingerprint density at radius 3 is 0.888 bits per heavy atom. The van der Waals surface area contributed by atoms with Gasteiger partial charge in [0.2, 0.25) is 76.8 Å². The number of carbonyl (C=O) groups is 28. The number of piperidine rings is 5. The van der Waals surface area contributed by atoms with E-state index in [1.165, 1.54) is 44.4 Å². The molecule has 5 aromatic carbocycles. The van der Waals surface area contributed by atoms with Crippen LogP contribution in [0.4, 0.5) is 9.59 Å². The molecule has 5 unspecified atom stereocenters. The Balaban J connectivity index is 0.000000171. The van der Waals surface area contributed by atoms with Crippen LogP contribution in [0.1, 0.15) is 243 Å². The van der Waals surface area contributed by atoms with Crippen LogP contribution in [0.2, 0.25) is 0 Å². The minimum atomic E-state index is -1.07. The Labute approximate surface area is 810 Å². The number of carbonyl (C=O) groups excluding carboxylic acids is 28. The molecule has 752 valence electrons. The maximum atomic E-state index is 13.0. The van der Waals surface area contributed by atoms with E-state index in [4.69, 9.17) is 19.9 Å². The summed E-state index contributed by atoms with van der Waals surface area (Å²) >= 11 is 0. The molecule has 14 N–H and O–H groups in total. The first-order valence-electron chi connectivity index (χ1n) is 44.7. The highest BCUT2D eigenvalue weighted by molar-refractivity contribution is 6.28. The number of methoxy groups -OCH3 is 1. The van der Waals surface area contributed by atoms with Crippen LogP contribution in [0.25, 0.3) is 0 Å². The molecule has 10 aliphatic heterocycles. The van der Waals surface area contributed by atoms with Crippen LogP contribution < -0.4 is 69.5 Å². The number of benzene rings is 5. The minimum Gasteiger partial charge on any atom is -0.465 e. The van der Waals surface area contributed by atoms with Gasteiger partial charge in [-0.2, -0.15) is 0 Å². The molecule has 0 radical (unpaired) electrons. The standard InChI is InChI=1S/C22H26N4O7.C19H20N4O7.C18H17N3O7.C17H18N4O5.C17H17N3O6/c1-22(2,3)33-21(32)23-10-9-15(27)24-11-12-5-4-6-13-17(12)20(31)26(19(13)30)14-7-8-16(28)25-18(14)29;1-2-30-14(25)9-21-19(29)20-8-10-4-3-5-11-15(10)18(28)23(17(11)27)12-6-7-13(24)22-16(12)26;1-9(22)28-8-14(24)19-7-10-3-2-4-11-15(10)18(27)21(17(11)26)12-5-6-13(23)20-16(12)25;18-7-6-12(22)19-8-9-2-1-3-10-14(9)17(26)21(16(10)25)11-4-5-13(23)20-15(11)24;1-26-8-13(22)18-7-9-3-2-4-10-14(9)17(25)20(16(10)24)11-5-6-12(21)19-15(11)23/h4-6,14H,7-11H2,1-3H3,(H,23,32)(H,24,27)(H,25,28,29);3-5,12H,2,6-9H2,1H3,(H2,20,21,29)(H,22,24,26);2-4,12H,5-8H2,1H3,(H,19,24)(H,20,23,25);1-3,11H,4-8,18H2,(H,19,22)(H,20,23,24);2-4,11H,5-8H2,1H3,(H,18,22)(H,19,21,23). The molecule has 0 aromatic heterocycles. The van der Waals surface area contributed by atoms with Crippen LogP contribution in [-0.4, -0.2) is 273 Å². The Bertz CT molecular complexity index is 6080.